The minimum absolute atomic E-state index is 0.0712. The van der Waals surface area contributed by atoms with Crippen LogP contribution in [0.25, 0.3) is 0 Å². The fourth-order valence-electron chi connectivity index (χ4n) is 1.55. The van der Waals surface area contributed by atoms with Crippen molar-refractivity contribution in [1.82, 2.24) is 5.32 Å². The van der Waals surface area contributed by atoms with E-state index in [2.05, 4.69) is 19.2 Å². The molecule has 0 fully saturated rings. The second-order valence-electron chi connectivity index (χ2n) is 4.85. The van der Waals surface area contributed by atoms with Crippen LogP contribution < -0.4 is 5.32 Å². The molecule has 0 saturated carbocycles. The Bertz CT molecular complexity index is 184. The van der Waals surface area contributed by atoms with Crippen LogP contribution in [-0.2, 0) is 4.74 Å². The molecule has 0 heterocycles. The second-order valence-corrected chi connectivity index (χ2v) is 4.85. The van der Waals surface area contributed by atoms with Crippen LogP contribution in [0, 0.1) is 0 Å². The van der Waals surface area contributed by atoms with Gasteiger partial charge in [-0.1, -0.05) is 26.7 Å². The van der Waals surface area contributed by atoms with Crippen molar-refractivity contribution in [1.29, 1.82) is 0 Å². The number of nitrogens with one attached hydrogen (secondary N) is 1. The molecule has 0 saturated heterocycles. The Hall–Kier alpha value is -0.290. The molecular weight excluding hydrogens is 243 g/mol. The van der Waals surface area contributed by atoms with Gasteiger partial charge in [0.15, 0.2) is 0 Å². The summed E-state index contributed by atoms with van der Waals surface area (Å²) in [7, 11) is 0. The molecule has 0 aliphatic heterocycles. The van der Waals surface area contributed by atoms with Crippen molar-refractivity contribution in [3.8, 4) is 0 Å². The Morgan fingerprint density at radius 3 is 2.17 bits per heavy atom. The predicted molar refractivity (Wildman–Crippen MR) is 67.7 cm³/mol. The van der Waals surface area contributed by atoms with Crippen LogP contribution in [0.15, 0.2) is 0 Å². The Morgan fingerprint density at radius 2 is 1.56 bits per heavy atom. The quantitative estimate of drug-likeness (QED) is 0.574. The number of unbranched alkanes of at least 4 members (excludes halogenated alkanes) is 3. The van der Waals surface area contributed by atoms with Crippen LogP contribution in [0.4, 0.5) is 13.2 Å². The average Bonchev–Trinajstić information content (AvgIpc) is 2.24. The van der Waals surface area contributed by atoms with E-state index >= 15 is 0 Å². The molecule has 1 N–H and O–H groups in total. The maximum atomic E-state index is 11.8. The first kappa shape index (κ1) is 17.7. The molecule has 0 radical (unpaired) electrons. The number of ether oxygens (including phenoxy) is 1. The predicted octanol–water partition coefficient (Wildman–Crippen LogP) is 3.90. The SMILES string of the molecule is CC(C)NCCCCCCOCCCC(F)(F)F. The number of hydrogen-bond acceptors (Lipinski definition) is 2. The number of halogens is 3. The van der Waals surface area contributed by atoms with E-state index in [1.165, 1.54) is 0 Å². The van der Waals surface area contributed by atoms with E-state index in [-0.39, 0.29) is 13.0 Å². The topological polar surface area (TPSA) is 21.3 Å². The highest BCUT2D eigenvalue weighted by atomic mass is 19.4. The molecular formula is C13H26F3NO. The summed E-state index contributed by atoms with van der Waals surface area (Å²) in [6, 6.07) is 0.530. The van der Waals surface area contributed by atoms with Gasteiger partial charge < -0.3 is 10.1 Å². The third kappa shape index (κ3) is 15.7. The van der Waals surface area contributed by atoms with Gasteiger partial charge in [-0.25, -0.2) is 0 Å². The summed E-state index contributed by atoms with van der Waals surface area (Å²) in [6.45, 7) is 6.07. The van der Waals surface area contributed by atoms with E-state index in [9.17, 15) is 13.2 Å². The fraction of sp³-hybridized carbons (Fsp3) is 1.00. The zero-order valence-electron chi connectivity index (χ0n) is 11.5. The molecule has 0 aromatic heterocycles. The van der Waals surface area contributed by atoms with Gasteiger partial charge in [-0.05, 0) is 25.8 Å². The number of rotatable bonds is 11. The van der Waals surface area contributed by atoms with Gasteiger partial charge in [0.05, 0.1) is 0 Å². The molecule has 0 amide bonds. The van der Waals surface area contributed by atoms with Gasteiger partial charge in [-0.15, -0.1) is 0 Å². The lowest BCUT2D eigenvalue weighted by atomic mass is 10.2. The minimum Gasteiger partial charge on any atom is -0.381 e. The van der Waals surface area contributed by atoms with E-state index in [4.69, 9.17) is 4.74 Å². The lowest BCUT2D eigenvalue weighted by molar-refractivity contribution is -0.137. The molecule has 0 unspecified atom stereocenters. The second kappa shape index (κ2) is 10.6. The van der Waals surface area contributed by atoms with Gasteiger partial charge >= 0.3 is 6.18 Å². The monoisotopic (exact) mass is 269 g/mol. The number of hydrogen-bond donors (Lipinski definition) is 1. The van der Waals surface area contributed by atoms with Crippen LogP contribution >= 0.6 is 0 Å². The van der Waals surface area contributed by atoms with Crippen LogP contribution in [-0.4, -0.2) is 32.0 Å². The van der Waals surface area contributed by atoms with E-state index < -0.39 is 12.6 Å². The first-order valence-electron chi connectivity index (χ1n) is 6.79. The lowest BCUT2D eigenvalue weighted by Crippen LogP contribution is -2.23. The van der Waals surface area contributed by atoms with Gasteiger partial charge in [0.1, 0.15) is 0 Å². The van der Waals surface area contributed by atoms with Crippen LogP contribution in [0.5, 0.6) is 0 Å². The zero-order valence-corrected chi connectivity index (χ0v) is 11.5. The van der Waals surface area contributed by atoms with Crippen molar-refractivity contribution in [3.05, 3.63) is 0 Å². The van der Waals surface area contributed by atoms with E-state index in [0.29, 0.717) is 12.6 Å². The Kier molecular flexibility index (Phi) is 10.4. The first-order chi connectivity index (χ1) is 8.42. The highest BCUT2D eigenvalue weighted by Crippen LogP contribution is 2.20. The molecule has 0 aliphatic rings. The largest absolute Gasteiger partial charge is 0.389 e. The summed E-state index contributed by atoms with van der Waals surface area (Å²) in [5.74, 6) is 0. The molecule has 0 aliphatic carbocycles. The van der Waals surface area contributed by atoms with E-state index in [0.717, 1.165) is 32.2 Å². The molecule has 5 heteroatoms. The first-order valence-corrected chi connectivity index (χ1v) is 6.79. The molecule has 18 heavy (non-hydrogen) atoms. The standard InChI is InChI=1S/C13H26F3NO/c1-12(2)17-9-5-3-4-6-10-18-11-7-8-13(14,15)16/h12,17H,3-11H2,1-2H3. The molecule has 0 bridgehead atoms. The maximum Gasteiger partial charge on any atom is 0.389 e. The van der Waals surface area contributed by atoms with Crippen molar-refractivity contribution in [3.63, 3.8) is 0 Å². The van der Waals surface area contributed by atoms with Crippen LogP contribution in [0.3, 0.4) is 0 Å². The third-order valence-electron chi connectivity index (χ3n) is 2.52. The zero-order chi connectivity index (χ0) is 13.9. The van der Waals surface area contributed by atoms with Gasteiger partial charge in [-0.3, -0.25) is 0 Å². The molecule has 0 spiro atoms. The van der Waals surface area contributed by atoms with Crippen molar-refractivity contribution in [2.24, 2.45) is 0 Å². The molecule has 0 atom stereocenters. The Balaban J connectivity index is 3.04. The summed E-state index contributed by atoms with van der Waals surface area (Å²) in [4.78, 5) is 0. The lowest BCUT2D eigenvalue weighted by Gasteiger charge is -2.08. The molecule has 0 rings (SSSR count). The summed E-state index contributed by atoms with van der Waals surface area (Å²) >= 11 is 0. The Labute approximate surface area is 108 Å². The highest BCUT2D eigenvalue weighted by molar-refractivity contribution is 4.53. The third-order valence-corrected chi connectivity index (χ3v) is 2.52. The van der Waals surface area contributed by atoms with Crippen LogP contribution in [0.1, 0.15) is 52.4 Å². The molecule has 0 aromatic rings. The van der Waals surface area contributed by atoms with Gasteiger partial charge in [0.25, 0.3) is 0 Å². The summed E-state index contributed by atoms with van der Waals surface area (Å²) < 4.78 is 40.6. The maximum absolute atomic E-state index is 11.8. The fourth-order valence-corrected chi connectivity index (χ4v) is 1.55. The van der Waals surface area contributed by atoms with E-state index in [1.807, 2.05) is 0 Å². The van der Waals surface area contributed by atoms with Crippen molar-refractivity contribution in [2.75, 3.05) is 19.8 Å². The minimum atomic E-state index is -4.05. The summed E-state index contributed by atoms with van der Waals surface area (Å²) in [6.07, 6.45) is -0.410. The number of alkyl halides is 3. The molecule has 110 valence electrons. The normalized spacial score (nSPS) is 12.3. The van der Waals surface area contributed by atoms with Crippen molar-refractivity contribution in [2.45, 2.75) is 64.6 Å². The molecule has 2 nitrogen and oxygen atoms in total. The van der Waals surface area contributed by atoms with Gasteiger partial charge in [0, 0.05) is 25.7 Å². The van der Waals surface area contributed by atoms with Crippen molar-refractivity contribution >= 4 is 0 Å². The van der Waals surface area contributed by atoms with Crippen molar-refractivity contribution < 1.29 is 17.9 Å². The van der Waals surface area contributed by atoms with Crippen LogP contribution in [0.2, 0.25) is 0 Å². The summed E-state index contributed by atoms with van der Waals surface area (Å²) in [5, 5.41) is 3.34. The van der Waals surface area contributed by atoms with Gasteiger partial charge in [-0.2, -0.15) is 13.2 Å². The van der Waals surface area contributed by atoms with E-state index in [1.54, 1.807) is 0 Å². The van der Waals surface area contributed by atoms with Gasteiger partial charge in [0.2, 0.25) is 0 Å². The summed E-state index contributed by atoms with van der Waals surface area (Å²) in [5.41, 5.74) is 0. The smallest absolute Gasteiger partial charge is 0.381 e. The average molecular weight is 269 g/mol. The highest BCUT2D eigenvalue weighted by Gasteiger charge is 2.25. The molecule has 0 aromatic carbocycles. The Morgan fingerprint density at radius 1 is 0.944 bits per heavy atom.